The number of hydrogen-bond donors (Lipinski definition) is 1. The number of hydrogen-bond acceptors (Lipinski definition) is 6. The molecule has 2 heterocycles. The smallest absolute Gasteiger partial charge is 0.346 e. The van der Waals surface area contributed by atoms with Gasteiger partial charge in [0.1, 0.15) is 15.5 Å². The van der Waals surface area contributed by atoms with Crippen LogP contribution in [0.25, 0.3) is 0 Å². The molecule has 21 heavy (non-hydrogen) atoms. The van der Waals surface area contributed by atoms with Gasteiger partial charge < -0.3 is 9.84 Å². The maximum atomic E-state index is 11.9. The average Bonchev–Trinajstić information content (AvgIpc) is 2.88. The summed E-state index contributed by atoms with van der Waals surface area (Å²) in [6.45, 7) is 0. The lowest BCUT2D eigenvalue weighted by molar-refractivity contribution is 0.0702. The second kappa shape index (κ2) is 5.80. The second-order valence-electron chi connectivity index (χ2n) is 4.17. The average molecular weight is 328 g/mol. The predicted molar refractivity (Wildman–Crippen MR) is 76.5 cm³/mol. The molecule has 0 aliphatic rings. The first-order chi connectivity index (χ1) is 9.80. The van der Waals surface area contributed by atoms with Crippen molar-refractivity contribution in [2.45, 2.75) is 4.90 Å². The zero-order valence-corrected chi connectivity index (χ0v) is 12.8. The number of rotatable bonds is 5. The molecule has 2 aromatic rings. The van der Waals surface area contributed by atoms with Gasteiger partial charge in [-0.25, -0.2) is 22.5 Å². The number of sulfonamides is 1. The Morgan fingerprint density at radius 3 is 2.57 bits per heavy atom. The Morgan fingerprint density at radius 2 is 2.10 bits per heavy atom. The molecule has 0 unspecified atom stereocenters. The van der Waals surface area contributed by atoms with Crippen molar-refractivity contribution in [1.82, 2.24) is 9.29 Å². The predicted octanol–water partition coefficient (Wildman–Crippen LogP) is 1.88. The molecule has 0 bridgehead atoms. The minimum atomic E-state index is -3.53. The van der Waals surface area contributed by atoms with Gasteiger partial charge in [0.05, 0.1) is 6.20 Å². The van der Waals surface area contributed by atoms with E-state index in [4.69, 9.17) is 9.84 Å². The van der Waals surface area contributed by atoms with Gasteiger partial charge in [-0.1, -0.05) is 0 Å². The van der Waals surface area contributed by atoms with Crippen molar-refractivity contribution < 1.29 is 23.1 Å². The standard InChI is InChI=1S/C12H12N2O5S2/c1-14(2)21(17,18)9-3-4-11(13-6-9)19-8-5-10(12(15)16)20-7-8/h3-7H,1-2H3,(H,15,16). The fourth-order valence-electron chi connectivity index (χ4n) is 1.40. The molecule has 1 N–H and O–H groups in total. The van der Waals surface area contributed by atoms with E-state index >= 15 is 0 Å². The van der Waals surface area contributed by atoms with Crippen molar-refractivity contribution in [2.75, 3.05) is 14.1 Å². The zero-order valence-electron chi connectivity index (χ0n) is 11.2. The van der Waals surface area contributed by atoms with Gasteiger partial charge >= 0.3 is 5.97 Å². The fourth-order valence-corrected chi connectivity index (χ4v) is 2.89. The van der Waals surface area contributed by atoms with Crippen LogP contribution in [-0.2, 0) is 10.0 Å². The highest BCUT2D eigenvalue weighted by Gasteiger charge is 2.17. The topological polar surface area (TPSA) is 96.8 Å². The first kappa shape index (κ1) is 15.4. The fraction of sp³-hybridized carbons (Fsp3) is 0.167. The first-order valence-corrected chi connectivity index (χ1v) is 8.01. The highest BCUT2D eigenvalue weighted by Crippen LogP contribution is 2.26. The summed E-state index contributed by atoms with van der Waals surface area (Å²) in [5, 5.41) is 10.3. The minimum Gasteiger partial charge on any atom is -0.477 e. The third-order valence-corrected chi connectivity index (χ3v) is 5.19. The maximum Gasteiger partial charge on any atom is 0.346 e. The van der Waals surface area contributed by atoms with Crippen molar-refractivity contribution in [3.63, 3.8) is 0 Å². The summed E-state index contributed by atoms with van der Waals surface area (Å²) in [5.41, 5.74) is 0. The molecule has 0 atom stereocenters. The number of aromatic nitrogens is 1. The molecule has 0 saturated heterocycles. The molecule has 2 rings (SSSR count). The summed E-state index contributed by atoms with van der Waals surface area (Å²) in [5.74, 6) is -0.509. The van der Waals surface area contributed by atoms with Gasteiger partial charge in [0.2, 0.25) is 15.9 Å². The number of carboxylic acid groups (broad SMARTS) is 1. The van der Waals surface area contributed by atoms with Gasteiger partial charge in [0, 0.05) is 31.6 Å². The van der Waals surface area contributed by atoms with Crippen LogP contribution in [0.5, 0.6) is 11.6 Å². The zero-order chi connectivity index (χ0) is 15.6. The van der Waals surface area contributed by atoms with E-state index in [1.54, 1.807) is 0 Å². The number of pyridine rings is 1. The Kier molecular flexibility index (Phi) is 4.26. The SMILES string of the molecule is CN(C)S(=O)(=O)c1ccc(Oc2csc(C(=O)O)c2)nc1. The summed E-state index contributed by atoms with van der Waals surface area (Å²) in [4.78, 5) is 14.9. The van der Waals surface area contributed by atoms with Crippen LogP contribution in [0.15, 0.2) is 34.7 Å². The quantitative estimate of drug-likeness (QED) is 0.900. The van der Waals surface area contributed by atoms with Gasteiger partial charge in [-0.15, -0.1) is 11.3 Å². The van der Waals surface area contributed by atoms with Crippen LogP contribution in [0.1, 0.15) is 9.67 Å². The Balaban J connectivity index is 2.18. The van der Waals surface area contributed by atoms with Gasteiger partial charge in [0.15, 0.2) is 0 Å². The number of nitrogens with zero attached hydrogens (tertiary/aromatic N) is 2. The molecule has 7 nitrogen and oxygen atoms in total. The third kappa shape index (κ3) is 3.38. The van der Waals surface area contributed by atoms with E-state index in [0.29, 0.717) is 5.75 Å². The van der Waals surface area contributed by atoms with Crippen molar-refractivity contribution in [1.29, 1.82) is 0 Å². The Bertz CT molecular complexity index is 750. The number of aromatic carboxylic acids is 1. The molecule has 0 radical (unpaired) electrons. The van der Waals surface area contributed by atoms with Crippen molar-refractivity contribution in [2.24, 2.45) is 0 Å². The van der Waals surface area contributed by atoms with Gasteiger partial charge in [-0.3, -0.25) is 0 Å². The summed E-state index contributed by atoms with van der Waals surface area (Å²) in [6.07, 6.45) is 1.19. The van der Waals surface area contributed by atoms with Gasteiger partial charge in [-0.2, -0.15) is 0 Å². The van der Waals surface area contributed by atoms with E-state index in [-0.39, 0.29) is 15.7 Å². The van der Waals surface area contributed by atoms with Gasteiger partial charge in [0.25, 0.3) is 0 Å². The van der Waals surface area contributed by atoms with Crippen LogP contribution in [0, 0.1) is 0 Å². The first-order valence-electron chi connectivity index (χ1n) is 5.69. The van der Waals surface area contributed by atoms with Crippen LogP contribution in [-0.4, -0.2) is 42.9 Å². The summed E-state index contributed by atoms with van der Waals surface area (Å²) in [7, 11) is -0.676. The molecule has 0 saturated carbocycles. The van der Waals surface area contributed by atoms with E-state index in [1.807, 2.05) is 0 Å². The Hall–Kier alpha value is -1.97. The molecule has 0 aliphatic carbocycles. The summed E-state index contributed by atoms with van der Waals surface area (Å²) < 4.78 is 30.2. The third-order valence-electron chi connectivity index (χ3n) is 2.50. The molecule has 9 heteroatoms. The number of ether oxygens (including phenoxy) is 1. The normalized spacial score (nSPS) is 11.6. The highest BCUT2D eigenvalue weighted by molar-refractivity contribution is 7.89. The van der Waals surface area contributed by atoms with E-state index in [0.717, 1.165) is 15.6 Å². The molecule has 0 amide bonds. The van der Waals surface area contributed by atoms with Crippen molar-refractivity contribution >= 4 is 27.3 Å². The van der Waals surface area contributed by atoms with Crippen LogP contribution < -0.4 is 4.74 Å². The van der Waals surface area contributed by atoms with Crippen molar-refractivity contribution in [3.05, 3.63) is 34.7 Å². The number of carbonyl (C=O) groups is 1. The van der Waals surface area contributed by atoms with Crippen LogP contribution in [0.2, 0.25) is 0 Å². The van der Waals surface area contributed by atoms with E-state index in [2.05, 4.69) is 4.98 Å². The number of thiophene rings is 1. The largest absolute Gasteiger partial charge is 0.477 e. The molecular weight excluding hydrogens is 316 g/mol. The van der Waals surface area contributed by atoms with Crippen LogP contribution in [0.3, 0.4) is 0 Å². The van der Waals surface area contributed by atoms with E-state index in [9.17, 15) is 13.2 Å². The molecule has 2 aromatic heterocycles. The monoisotopic (exact) mass is 328 g/mol. The maximum absolute atomic E-state index is 11.9. The van der Waals surface area contributed by atoms with Crippen LogP contribution >= 0.6 is 11.3 Å². The molecule has 0 aliphatic heterocycles. The molecule has 0 aromatic carbocycles. The summed E-state index contributed by atoms with van der Waals surface area (Å²) >= 11 is 1.03. The van der Waals surface area contributed by atoms with Crippen molar-refractivity contribution in [3.8, 4) is 11.6 Å². The lowest BCUT2D eigenvalue weighted by Gasteiger charge is -2.11. The number of carboxylic acids is 1. The molecular formula is C12H12N2O5S2. The van der Waals surface area contributed by atoms with E-state index < -0.39 is 16.0 Å². The molecule has 0 fully saturated rings. The Labute approximate surface area is 125 Å². The Morgan fingerprint density at radius 1 is 1.38 bits per heavy atom. The van der Waals surface area contributed by atoms with E-state index in [1.165, 1.54) is 43.9 Å². The molecule has 112 valence electrons. The molecule has 0 spiro atoms. The highest BCUT2D eigenvalue weighted by atomic mass is 32.2. The van der Waals surface area contributed by atoms with Crippen LogP contribution in [0.4, 0.5) is 0 Å². The van der Waals surface area contributed by atoms with Gasteiger partial charge in [-0.05, 0) is 6.07 Å². The lowest BCUT2D eigenvalue weighted by atomic mass is 10.4. The second-order valence-corrected chi connectivity index (χ2v) is 7.24. The lowest BCUT2D eigenvalue weighted by Crippen LogP contribution is -2.22. The minimum absolute atomic E-state index is 0.0522. The summed E-state index contributed by atoms with van der Waals surface area (Å²) in [6, 6.07) is 4.16.